The third-order valence-electron chi connectivity index (χ3n) is 3.50. The van der Waals surface area contributed by atoms with Crippen LogP contribution in [0.15, 0.2) is 42.5 Å². The highest BCUT2D eigenvalue weighted by Crippen LogP contribution is 2.15. The van der Waals surface area contributed by atoms with Gasteiger partial charge in [-0.25, -0.2) is 0 Å². The van der Waals surface area contributed by atoms with Crippen LogP contribution in [-0.4, -0.2) is 18.5 Å². The van der Waals surface area contributed by atoms with Gasteiger partial charge < -0.3 is 10.6 Å². The maximum atomic E-state index is 11.9. The number of fused-ring (bicyclic) bond motifs is 1. The molecule has 1 unspecified atom stereocenters. The van der Waals surface area contributed by atoms with E-state index in [-0.39, 0.29) is 11.9 Å². The first kappa shape index (κ1) is 15.5. The van der Waals surface area contributed by atoms with Crippen molar-refractivity contribution in [2.24, 2.45) is 5.92 Å². The van der Waals surface area contributed by atoms with Gasteiger partial charge >= 0.3 is 0 Å². The van der Waals surface area contributed by atoms with Gasteiger partial charge in [-0.2, -0.15) is 0 Å². The van der Waals surface area contributed by atoms with Crippen molar-refractivity contribution in [3.05, 3.63) is 48.0 Å². The SMILES string of the molecule is CC(C)CNC(=O)C(C)NCc1ccc2ccccc2c1. The second kappa shape index (κ2) is 7.23. The summed E-state index contributed by atoms with van der Waals surface area (Å²) in [6, 6.07) is 14.5. The molecule has 21 heavy (non-hydrogen) atoms. The maximum Gasteiger partial charge on any atom is 0.236 e. The van der Waals surface area contributed by atoms with Gasteiger partial charge in [-0.05, 0) is 35.2 Å². The van der Waals surface area contributed by atoms with E-state index in [4.69, 9.17) is 0 Å². The normalized spacial score (nSPS) is 12.6. The highest BCUT2D eigenvalue weighted by atomic mass is 16.2. The van der Waals surface area contributed by atoms with Gasteiger partial charge in [0.05, 0.1) is 6.04 Å². The molecule has 0 aliphatic carbocycles. The molecule has 0 spiro atoms. The summed E-state index contributed by atoms with van der Waals surface area (Å²) in [5.41, 5.74) is 1.19. The highest BCUT2D eigenvalue weighted by molar-refractivity contribution is 5.83. The summed E-state index contributed by atoms with van der Waals surface area (Å²) in [5, 5.41) is 8.69. The summed E-state index contributed by atoms with van der Waals surface area (Å²) < 4.78 is 0. The molecule has 0 saturated heterocycles. The Morgan fingerprint density at radius 3 is 2.48 bits per heavy atom. The first-order chi connectivity index (χ1) is 10.1. The molecule has 2 rings (SSSR count). The number of benzene rings is 2. The van der Waals surface area contributed by atoms with E-state index in [0.717, 1.165) is 6.54 Å². The molecular formula is C18H24N2O. The Kier molecular flexibility index (Phi) is 5.34. The molecule has 112 valence electrons. The molecule has 0 aliphatic heterocycles. The Hall–Kier alpha value is -1.87. The highest BCUT2D eigenvalue weighted by Gasteiger charge is 2.11. The smallest absolute Gasteiger partial charge is 0.236 e. The molecule has 0 bridgehead atoms. The summed E-state index contributed by atoms with van der Waals surface area (Å²) in [6.07, 6.45) is 0. The quantitative estimate of drug-likeness (QED) is 0.856. The summed E-state index contributed by atoms with van der Waals surface area (Å²) in [6.45, 7) is 7.50. The monoisotopic (exact) mass is 284 g/mol. The lowest BCUT2D eigenvalue weighted by atomic mass is 10.1. The molecule has 2 N–H and O–H groups in total. The molecule has 1 amide bonds. The molecule has 0 radical (unpaired) electrons. The Morgan fingerprint density at radius 1 is 1.05 bits per heavy atom. The van der Waals surface area contributed by atoms with Crippen molar-refractivity contribution < 1.29 is 4.79 Å². The Bertz CT molecular complexity index is 607. The van der Waals surface area contributed by atoms with E-state index in [2.05, 4.69) is 54.8 Å². The average Bonchev–Trinajstić information content (AvgIpc) is 2.49. The van der Waals surface area contributed by atoms with E-state index in [9.17, 15) is 4.79 Å². The molecule has 0 aliphatic rings. The molecule has 0 saturated carbocycles. The molecule has 0 fully saturated rings. The third kappa shape index (κ3) is 4.57. The fraction of sp³-hybridized carbons (Fsp3) is 0.389. The van der Waals surface area contributed by atoms with E-state index in [1.807, 2.05) is 19.1 Å². The standard InChI is InChI=1S/C18H24N2O/c1-13(2)11-20-18(21)14(3)19-12-15-8-9-16-6-4-5-7-17(16)10-15/h4-10,13-14,19H,11-12H2,1-3H3,(H,20,21). The molecule has 3 nitrogen and oxygen atoms in total. The summed E-state index contributed by atoms with van der Waals surface area (Å²) in [7, 11) is 0. The average molecular weight is 284 g/mol. The van der Waals surface area contributed by atoms with Crippen LogP contribution in [0.25, 0.3) is 10.8 Å². The molecule has 1 atom stereocenters. The van der Waals surface area contributed by atoms with Crippen molar-refractivity contribution in [3.8, 4) is 0 Å². The third-order valence-corrected chi connectivity index (χ3v) is 3.50. The lowest BCUT2D eigenvalue weighted by molar-refractivity contribution is -0.122. The van der Waals surface area contributed by atoms with Crippen LogP contribution in [0, 0.1) is 5.92 Å². The van der Waals surface area contributed by atoms with Gasteiger partial charge in [0, 0.05) is 13.1 Å². The van der Waals surface area contributed by atoms with Gasteiger partial charge in [-0.1, -0.05) is 50.2 Å². The Labute approximate surface area is 126 Å². The van der Waals surface area contributed by atoms with Crippen LogP contribution >= 0.6 is 0 Å². The van der Waals surface area contributed by atoms with Crippen LogP contribution in [0.5, 0.6) is 0 Å². The van der Waals surface area contributed by atoms with Crippen LogP contribution in [0.3, 0.4) is 0 Å². The maximum absolute atomic E-state index is 11.9. The van der Waals surface area contributed by atoms with Gasteiger partial charge in [-0.3, -0.25) is 4.79 Å². The van der Waals surface area contributed by atoms with Crippen LogP contribution < -0.4 is 10.6 Å². The van der Waals surface area contributed by atoms with Crippen molar-refractivity contribution in [3.63, 3.8) is 0 Å². The number of nitrogens with one attached hydrogen (secondary N) is 2. The van der Waals surface area contributed by atoms with Crippen LogP contribution in [0.4, 0.5) is 0 Å². The minimum atomic E-state index is -0.185. The van der Waals surface area contributed by atoms with Crippen LogP contribution in [0.2, 0.25) is 0 Å². The lowest BCUT2D eigenvalue weighted by Gasteiger charge is -2.15. The number of amides is 1. The van der Waals surface area contributed by atoms with Gasteiger partial charge in [0.2, 0.25) is 5.91 Å². The first-order valence-electron chi connectivity index (χ1n) is 7.55. The van der Waals surface area contributed by atoms with Gasteiger partial charge in [0.1, 0.15) is 0 Å². The molecule has 0 heterocycles. The molecule has 3 heteroatoms. The van der Waals surface area contributed by atoms with Gasteiger partial charge in [0.25, 0.3) is 0 Å². The second-order valence-electron chi connectivity index (χ2n) is 5.92. The molecule has 2 aromatic rings. The zero-order chi connectivity index (χ0) is 15.2. The minimum absolute atomic E-state index is 0.0597. The number of carbonyl (C=O) groups excluding carboxylic acids is 1. The van der Waals surface area contributed by atoms with Crippen LogP contribution in [-0.2, 0) is 11.3 Å². The topological polar surface area (TPSA) is 41.1 Å². The van der Waals surface area contributed by atoms with E-state index in [0.29, 0.717) is 12.5 Å². The molecular weight excluding hydrogens is 260 g/mol. The number of hydrogen-bond donors (Lipinski definition) is 2. The van der Waals surface area contributed by atoms with Gasteiger partial charge in [0.15, 0.2) is 0 Å². The fourth-order valence-electron chi connectivity index (χ4n) is 2.17. The lowest BCUT2D eigenvalue weighted by Crippen LogP contribution is -2.42. The zero-order valence-electron chi connectivity index (χ0n) is 13.0. The van der Waals surface area contributed by atoms with E-state index in [1.165, 1.54) is 16.3 Å². The van der Waals surface area contributed by atoms with E-state index >= 15 is 0 Å². The first-order valence-corrected chi connectivity index (χ1v) is 7.55. The van der Waals surface area contributed by atoms with Crippen molar-refractivity contribution in [1.29, 1.82) is 0 Å². The molecule has 0 aromatic heterocycles. The molecule has 2 aromatic carbocycles. The largest absolute Gasteiger partial charge is 0.354 e. The number of hydrogen-bond acceptors (Lipinski definition) is 2. The Morgan fingerprint density at radius 2 is 1.76 bits per heavy atom. The van der Waals surface area contributed by atoms with Gasteiger partial charge in [-0.15, -0.1) is 0 Å². The minimum Gasteiger partial charge on any atom is -0.354 e. The number of rotatable bonds is 6. The zero-order valence-corrected chi connectivity index (χ0v) is 13.0. The van der Waals surface area contributed by atoms with Crippen molar-refractivity contribution in [1.82, 2.24) is 10.6 Å². The Balaban J connectivity index is 1.90. The number of carbonyl (C=O) groups is 1. The van der Waals surface area contributed by atoms with Crippen molar-refractivity contribution in [2.75, 3.05) is 6.54 Å². The predicted octanol–water partition coefficient (Wildman–Crippen LogP) is 3.09. The predicted molar refractivity (Wildman–Crippen MR) is 88.1 cm³/mol. The van der Waals surface area contributed by atoms with E-state index < -0.39 is 0 Å². The van der Waals surface area contributed by atoms with E-state index in [1.54, 1.807) is 0 Å². The van der Waals surface area contributed by atoms with Crippen molar-refractivity contribution >= 4 is 16.7 Å². The summed E-state index contributed by atoms with van der Waals surface area (Å²) >= 11 is 0. The summed E-state index contributed by atoms with van der Waals surface area (Å²) in [4.78, 5) is 11.9. The van der Waals surface area contributed by atoms with Crippen molar-refractivity contribution in [2.45, 2.75) is 33.4 Å². The fourth-order valence-corrected chi connectivity index (χ4v) is 2.17. The second-order valence-corrected chi connectivity index (χ2v) is 5.92. The summed E-state index contributed by atoms with van der Waals surface area (Å²) in [5.74, 6) is 0.533. The van der Waals surface area contributed by atoms with Crippen LogP contribution in [0.1, 0.15) is 26.3 Å².